The number of nitriles is 1. The van der Waals surface area contributed by atoms with E-state index in [1.165, 1.54) is 18.3 Å². The van der Waals surface area contributed by atoms with Crippen LogP contribution in [0.1, 0.15) is 29.3 Å². The molecule has 0 saturated heterocycles. The second kappa shape index (κ2) is 7.09. The van der Waals surface area contributed by atoms with Gasteiger partial charge >= 0.3 is 0 Å². The lowest BCUT2D eigenvalue weighted by atomic mass is 10.1. The number of carbonyl (C=O) groups is 1. The van der Waals surface area contributed by atoms with Gasteiger partial charge < -0.3 is 15.6 Å². The van der Waals surface area contributed by atoms with Crippen LogP contribution in [-0.4, -0.2) is 17.4 Å². The predicted octanol–water partition coefficient (Wildman–Crippen LogP) is 2.32. The number of aromatic nitrogens is 1. The maximum Gasteiger partial charge on any atom is 0.257 e. The van der Waals surface area contributed by atoms with Gasteiger partial charge in [-0.05, 0) is 30.7 Å². The highest BCUT2D eigenvalue weighted by Crippen LogP contribution is 2.23. The van der Waals surface area contributed by atoms with Crippen LogP contribution in [0.5, 0.6) is 0 Å². The van der Waals surface area contributed by atoms with Crippen LogP contribution < -0.4 is 16.2 Å². The standard InChI is InChI=1S/C16H16N4O2/c1-2-7-18-13-5-3-11(9-17)8-14(13)20-16(22)12-4-6-15(21)19-10-12/h3-6,8,10,18H,2,7H2,1H3,(H,19,21)(H,20,22). The minimum atomic E-state index is -0.356. The average molecular weight is 296 g/mol. The first-order valence-electron chi connectivity index (χ1n) is 6.92. The predicted molar refractivity (Wildman–Crippen MR) is 85.0 cm³/mol. The van der Waals surface area contributed by atoms with Crippen molar-refractivity contribution in [3.05, 3.63) is 58.0 Å². The summed E-state index contributed by atoms with van der Waals surface area (Å²) in [6.07, 6.45) is 2.29. The topological polar surface area (TPSA) is 97.8 Å². The van der Waals surface area contributed by atoms with Crippen LogP contribution in [0.15, 0.2) is 41.3 Å². The van der Waals surface area contributed by atoms with E-state index >= 15 is 0 Å². The fraction of sp³-hybridized carbons (Fsp3) is 0.188. The van der Waals surface area contributed by atoms with Crippen LogP contribution in [-0.2, 0) is 0 Å². The van der Waals surface area contributed by atoms with E-state index in [1.54, 1.807) is 18.2 Å². The van der Waals surface area contributed by atoms with E-state index in [9.17, 15) is 9.59 Å². The van der Waals surface area contributed by atoms with Crippen LogP contribution in [0.2, 0.25) is 0 Å². The summed E-state index contributed by atoms with van der Waals surface area (Å²) < 4.78 is 0. The fourth-order valence-electron chi connectivity index (χ4n) is 1.88. The molecule has 0 unspecified atom stereocenters. The first-order valence-corrected chi connectivity index (χ1v) is 6.92. The zero-order valence-electron chi connectivity index (χ0n) is 12.1. The van der Waals surface area contributed by atoms with E-state index in [-0.39, 0.29) is 11.5 Å². The van der Waals surface area contributed by atoms with Gasteiger partial charge in [0.15, 0.2) is 0 Å². The Balaban J connectivity index is 2.26. The summed E-state index contributed by atoms with van der Waals surface area (Å²) in [7, 11) is 0. The van der Waals surface area contributed by atoms with Crippen molar-refractivity contribution in [2.45, 2.75) is 13.3 Å². The largest absolute Gasteiger partial charge is 0.383 e. The molecule has 1 aromatic heterocycles. The van der Waals surface area contributed by atoms with Crippen LogP contribution in [0.25, 0.3) is 0 Å². The molecule has 0 saturated carbocycles. The lowest BCUT2D eigenvalue weighted by Crippen LogP contribution is -2.16. The van der Waals surface area contributed by atoms with Crippen LogP contribution in [0.4, 0.5) is 11.4 Å². The lowest BCUT2D eigenvalue weighted by Gasteiger charge is -2.13. The van der Waals surface area contributed by atoms with Crippen molar-refractivity contribution in [3.63, 3.8) is 0 Å². The monoisotopic (exact) mass is 296 g/mol. The summed E-state index contributed by atoms with van der Waals surface area (Å²) in [5, 5.41) is 14.9. The van der Waals surface area contributed by atoms with Crippen LogP contribution in [0, 0.1) is 11.3 Å². The number of hydrogen-bond acceptors (Lipinski definition) is 4. The molecule has 112 valence electrons. The number of anilines is 2. The molecule has 0 bridgehead atoms. The van der Waals surface area contributed by atoms with Gasteiger partial charge in [-0.25, -0.2) is 0 Å². The molecule has 1 aromatic carbocycles. The van der Waals surface area contributed by atoms with Gasteiger partial charge in [0, 0.05) is 18.8 Å². The number of benzene rings is 1. The highest BCUT2D eigenvalue weighted by molar-refractivity contribution is 6.05. The highest BCUT2D eigenvalue weighted by Gasteiger charge is 2.10. The molecule has 1 heterocycles. The molecule has 3 N–H and O–H groups in total. The van der Waals surface area contributed by atoms with Gasteiger partial charge in [0.25, 0.3) is 5.91 Å². The Morgan fingerprint density at radius 2 is 2.09 bits per heavy atom. The Morgan fingerprint density at radius 3 is 2.73 bits per heavy atom. The Bertz CT molecular complexity index is 754. The summed E-state index contributed by atoms with van der Waals surface area (Å²) in [6.45, 7) is 2.79. The third-order valence-corrected chi connectivity index (χ3v) is 3.01. The summed E-state index contributed by atoms with van der Waals surface area (Å²) in [6, 6.07) is 9.84. The molecule has 22 heavy (non-hydrogen) atoms. The number of nitrogens with zero attached hydrogens (tertiary/aromatic N) is 1. The molecule has 6 heteroatoms. The Hall–Kier alpha value is -3.07. The van der Waals surface area contributed by atoms with Crippen molar-refractivity contribution in [3.8, 4) is 6.07 Å². The van der Waals surface area contributed by atoms with Crippen molar-refractivity contribution in [1.82, 2.24) is 4.98 Å². The molecule has 2 rings (SSSR count). The van der Waals surface area contributed by atoms with E-state index in [2.05, 4.69) is 15.6 Å². The van der Waals surface area contributed by atoms with Gasteiger partial charge in [0.05, 0.1) is 28.6 Å². The summed E-state index contributed by atoms with van der Waals surface area (Å²) in [5.74, 6) is -0.356. The van der Waals surface area contributed by atoms with E-state index < -0.39 is 0 Å². The Morgan fingerprint density at radius 1 is 1.27 bits per heavy atom. The van der Waals surface area contributed by atoms with E-state index in [0.717, 1.165) is 18.7 Å². The van der Waals surface area contributed by atoms with Crippen molar-refractivity contribution < 1.29 is 4.79 Å². The van der Waals surface area contributed by atoms with Gasteiger partial charge in [-0.15, -0.1) is 0 Å². The van der Waals surface area contributed by atoms with Gasteiger partial charge in [0.1, 0.15) is 0 Å². The third kappa shape index (κ3) is 3.73. The molecule has 6 nitrogen and oxygen atoms in total. The van der Waals surface area contributed by atoms with Crippen LogP contribution in [0.3, 0.4) is 0 Å². The summed E-state index contributed by atoms with van der Waals surface area (Å²) in [5.41, 5.74) is 1.80. The molecular weight excluding hydrogens is 280 g/mol. The molecule has 0 fully saturated rings. The molecule has 0 atom stereocenters. The van der Waals surface area contributed by atoms with Gasteiger partial charge in [-0.2, -0.15) is 5.26 Å². The summed E-state index contributed by atoms with van der Waals surface area (Å²) in [4.78, 5) is 25.7. The zero-order valence-corrected chi connectivity index (χ0v) is 12.1. The average Bonchev–Trinajstić information content (AvgIpc) is 2.54. The number of amides is 1. The number of hydrogen-bond donors (Lipinski definition) is 3. The Labute approximate surface area is 127 Å². The maximum absolute atomic E-state index is 12.2. The molecule has 0 aliphatic rings. The quantitative estimate of drug-likeness (QED) is 0.788. The molecule has 0 radical (unpaired) electrons. The number of carbonyl (C=O) groups excluding carboxylic acids is 1. The highest BCUT2D eigenvalue weighted by atomic mass is 16.1. The summed E-state index contributed by atoms with van der Waals surface area (Å²) >= 11 is 0. The third-order valence-electron chi connectivity index (χ3n) is 3.01. The van der Waals surface area contributed by atoms with Gasteiger partial charge in [-0.1, -0.05) is 6.92 Å². The van der Waals surface area contributed by atoms with Crippen molar-refractivity contribution in [2.75, 3.05) is 17.2 Å². The molecule has 2 aromatic rings. The van der Waals surface area contributed by atoms with E-state index in [4.69, 9.17) is 5.26 Å². The molecule has 0 aliphatic carbocycles. The van der Waals surface area contributed by atoms with Gasteiger partial charge in [0.2, 0.25) is 5.56 Å². The smallest absolute Gasteiger partial charge is 0.257 e. The number of aromatic amines is 1. The second-order valence-electron chi connectivity index (χ2n) is 4.69. The number of nitrogens with one attached hydrogen (secondary N) is 3. The van der Waals surface area contributed by atoms with Crippen molar-refractivity contribution in [1.29, 1.82) is 5.26 Å². The second-order valence-corrected chi connectivity index (χ2v) is 4.69. The van der Waals surface area contributed by atoms with E-state index in [1.807, 2.05) is 13.0 Å². The first-order chi connectivity index (χ1) is 10.6. The fourth-order valence-corrected chi connectivity index (χ4v) is 1.88. The molecule has 1 amide bonds. The molecular formula is C16H16N4O2. The van der Waals surface area contributed by atoms with Crippen molar-refractivity contribution >= 4 is 17.3 Å². The first kappa shape index (κ1) is 15.3. The SMILES string of the molecule is CCCNc1ccc(C#N)cc1NC(=O)c1ccc(=O)[nH]c1. The molecule has 0 aliphatic heterocycles. The van der Waals surface area contributed by atoms with Gasteiger partial charge in [-0.3, -0.25) is 9.59 Å². The molecule has 0 spiro atoms. The minimum Gasteiger partial charge on any atom is -0.383 e. The van der Waals surface area contributed by atoms with Crippen molar-refractivity contribution in [2.24, 2.45) is 0 Å². The lowest BCUT2D eigenvalue weighted by molar-refractivity contribution is 0.102. The van der Waals surface area contributed by atoms with E-state index in [0.29, 0.717) is 16.8 Å². The number of H-pyrrole nitrogens is 1. The van der Waals surface area contributed by atoms with Crippen LogP contribution >= 0.6 is 0 Å². The maximum atomic E-state index is 12.2. The minimum absolute atomic E-state index is 0.270. The Kier molecular flexibility index (Phi) is 4.94. The number of pyridine rings is 1. The zero-order chi connectivity index (χ0) is 15.9. The number of rotatable bonds is 5. The normalized spacial score (nSPS) is 9.82.